The summed E-state index contributed by atoms with van der Waals surface area (Å²) in [4.78, 5) is 13.2. The van der Waals surface area contributed by atoms with Crippen molar-refractivity contribution in [3.8, 4) is 11.5 Å². The van der Waals surface area contributed by atoms with Gasteiger partial charge in [0.1, 0.15) is 0 Å². The van der Waals surface area contributed by atoms with Crippen LogP contribution in [-0.4, -0.2) is 55.0 Å². The van der Waals surface area contributed by atoms with Crippen LogP contribution in [0.3, 0.4) is 0 Å². The molecule has 1 N–H and O–H groups in total. The lowest BCUT2D eigenvalue weighted by atomic mass is 10.1. The molecule has 1 aromatic rings. The van der Waals surface area contributed by atoms with E-state index in [0.29, 0.717) is 42.8 Å². The zero-order valence-corrected chi connectivity index (χ0v) is 15.0. The SMILES string of the molecule is COc1cc(Cl)cc(CN2CCOC[C@@H]2CC(=O)O)c1OC(C)C. The number of halogens is 1. The van der Waals surface area contributed by atoms with Gasteiger partial charge in [-0.1, -0.05) is 11.6 Å². The van der Waals surface area contributed by atoms with E-state index in [1.54, 1.807) is 13.2 Å². The van der Waals surface area contributed by atoms with Gasteiger partial charge in [-0.3, -0.25) is 9.69 Å². The summed E-state index contributed by atoms with van der Waals surface area (Å²) in [5.74, 6) is 0.393. The van der Waals surface area contributed by atoms with Crippen LogP contribution in [0.4, 0.5) is 0 Å². The molecule has 24 heavy (non-hydrogen) atoms. The first-order valence-corrected chi connectivity index (χ1v) is 8.35. The van der Waals surface area contributed by atoms with Crippen LogP contribution in [-0.2, 0) is 16.1 Å². The molecule has 0 aliphatic carbocycles. The van der Waals surface area contributed by atoms with Crippen molar-refractivity contribution in [2.45, 2.75) is 39.0 Å². The molecular formula is C17H24ClNO5. The molecule has 0 unspecified atom stereocenters. The molecule has 0 saturated carbocycles. The highest BCUT2D eigenvalue weighted by Gasteiger charge is 2.27. The van der Waals surface area contributed by atoms with Crippen LogP contribution in [0, 0.1) is 0 Å². The Morgan fingerprint density at radius 3 is 2.88 bits per heavy atom. The third-order valence-corrected chi connectivity index (χ3v) is 4.02. The number of carboxylic acids is 1. The monoisotopic (exact) mass is 357 g/mol. The van der Waals surface area contributed by atoms with Gasteiger partial charge in [-0.25, -0.2) is 0 Å². The van der Waals surface area contributed by atoms with E-state index in [2.05, 4.69) is 4.90 Å². The topological polar surface area (TPSA) is 68.2 Å². The number of rotatable bonds is 7. The van der Waals surface area contributed by atoms with Gasteiger partial charge in [0.25, 0.3) is 0 Å². The lowest BCUT2D eigenvalue weighted by Gasteiger charge is -2.35. The number of methoxy groups -OCH3 is 1. The Labute approximate surface area is 147 Å². The number of aliphatic carboxylic acids is 1. The number of nitrogens with zero attached hydrogens (tertiary/aromatic N) is 1. The lowest BCUT2D eigenvalue weighted by molar-refractivity contribution is -0.140. The first-order valence-electron chi connectivity index (χ1n) is 7.97. The number of hydrogen-bond acceptors (Lipinski definition) is 5. The molecule has 134 valence electrons. The van der Waals surface area contributed by atoms with Gasteiger partial charge >= 0.3 is 5.97 Å². The fraction of sp³-hybridized carbons (Fsp3) is 0.588. The zero-order valence-electron chi connectivity index (χ0n) is 14.3. The molecule has 0 bridgehead atoms. The van der Waals surface area contributed by atoms with Gasteiger partial charge in [0, 0.05) is 35.8 Å². The first-order chi connectivity index (χ1) is 11.4. The van der Waals surface area contributed by atoms with Gasteiger partial charge < -0.3 is 19.3 Å². The second-order valence-corrected chi connectivity index (χ2v) is 6.50. The lowest BCUT2D eigenvalue weighted by Crippen LogP contribution is -2.45. The van der Waals surface area contributed by atoms with Gasteiger partial charge in [0.2, 0.25) is 0 Å². The molecular weight excluding hydrogens is 334 g/mol. The highest BCUT2D eigenvalue weighted by Crippen LogP contribution is 2.36. The second kappa shape index (κ2) is 8.55. The van der Waals surface area contributed by atoms with Crippen molar-refractivity contribution in [2.75, 3.05) is 26.9 Å². The molecule has 1 saturated heterocycles. The van der Waals surface area contributed by atoms with Crippen molar-refractivity contribution >= 4 is 17.6 Å². The van der Waals surface area contributed by atoms with Crippen molar-refractivity contribution in [2.24, 2.45) is 0 Å². The van der Waals surface area contributed by atoms with Gasteiger partial charge in [-0.15, -0.1) is 0 Å². The fourth-order valence-corrected chi connectivity index (χ4v) is 3.00. The van der Waals surface area contributed by atoms with E-state index < -0.39 is 5.97 Å². The predicted octanol–water partition coefficient (Wildman–Crippen LogP) is 2.81. The number of carbonyl (C=O) groups is 1. The Morgan fingerprint density at radius 2 is 2.25 bits per heavy atom. The number of carboxylic acid groups (broad SMARTS) is 1. The normalized spacial score (nSPS) is 18.6. The number of hydrogen-bond donors (Lipinski definition) is 1. The number of morpholine rings is 1. The van der Waals surface area contributed by atoms with Crippen molar-refractivity contribution in [3.63, 3.8) is 0 Å². The highest BCUT2D eigenvalue weighted by atomic mass is 35.5. The maximum atomic E-state index is 11.1. The minimum absolute atomic E-state index is 0.0154. The minimum Gasteiger partial charge on any atom is -0.493 e. The number of ether oxygens (including phenoxy) is 3. The molecule has 1 aliphatic rings. The Hall–Kier alpha value is -1.50. The molecule has 0 aromatic heterocycles. The smallest absolute Gasteiger partial charge is 0.305 e. The van der Waals surface area contributed by atoms with Gasteiger partial charge in [-0.05, 0) is 19.9 Å². The van der Waals surface area contributed by atoms with E-state index in [1.807, 2.05) is 19.9 Å². The molecule has 0 radical (unpaired) electrons. The third kappa shape index (κ3) is 5.00. The average molecular weight is 358 g/mol. The van der Waals surface area contributed by atoms with E-state index in [9.17, 15) is 4.79 Å². The van der Waals surface area contributed by atoms with Crippen LogP contribution in [0.25, 0.3) is 0 Å². The molecule has 2 rings (SSSR count). The van der Waals surface area contributed by atoms with Crippen LogP contribution in [0.15, 0.2) is 12.1 Å². The Balaban J connectivity index is 2.28. The summed E-state index contributed by atoms with van der Waals surface area (Å²) in [6, 6.07) is 3.39. The minimum atomic E-state index is -0.835. The van der Waals surface area contributed by atoms with Crippen molar-refractivity contribution < 1.29 is 24.1 Å². The van der Waals surface area contributed by atoms with Gasteiger partial charge in [0.05, 0.1) is 32.8 Å². The highest BCUT2D eigenvalue weighted by molar-refractivity contribution is 6.30. The zero-order chi connectivity index (χ0) is 17.7. The molecule has 1 aliphatic heterocycles. The van der Waals surface area contributed by atoms with Crippen LogP contribution in [0.1, 0.15) is 25.8 Å². The molecule has 1 heterocycles. The van der Waals surface area contributed by atoms with Gasteiger partial charge in [0.15, 0.2) is 11.5 Å². The van der Waals surface area contributed by atoms with E-state index in [1.165, 1.54) is 0 Å². The van der Waals surface area contributed by atoms with Crippen LogP contribution < -0.4 is 9.47 Å². The van der Waals surface area contributed by atoms with Gasteiger partial charge in [-0.2, -0.15) is 0 Å². The first kappa shape index (κ1) is 18.8. The standard InChI is InChI=1S/C17H24ClNO5/c1-11(2)24-17-12(6-13(18)7-15(17)22-3)9-19-4-5-23-10-14(19)8-16(20)21/h6-7,11,14H,4-5,8-10H2,1-3H3,(H,20,21)/t14-/m0/s1. The van der Waals surface area contributed by atoms with Crippen molar-refractivity contribution in [3.05, 3.63) is 22.7 Å². The number of benzene rings is 1. The van der Waals surface area contributed by atoms with E-state index in [0.717, 1.165) is 5.56 Å². The van der Waals surface area contributed by atoms with Crippen molar-refractivity contribution in [1.82, 2.24) is 4.90 Å². The Kier molecular flexibility index (Phi) is 6.71. The van der Waals surface area contributed by atoms with Crippen LogP contribution in [0.5, 0.6) is 11.5 Å². The quantitative estimate of drug-likeness (QED) is 0.809. The maximum Gasteiger partial charge on any atom is 0.305 e. The molecule has 0 spiro atoms. The summed E-state index contributed by atoms with van der Waals surface area (Å²) >= 11 is 6.20. The third-order valence-electron chi connectivity index (χ3n) is 3.80. The predicted molar refractivity (Wildman–Crippen MR) is 91.0 cm³/mol. The Bertz CT molecular complexity index is 578. The largest absolute Gasteiger partial charge is 0.493 e. The summed E-state index contributed by atoms with van der Waals surface area (Å²) < 4.78 is 16.8. The molecule has 1 aromatic carbocycles. The Morgan fingerprint density at radius 1 is 1.50 bits per heavy atom. The van der Waals surface area contributed by atoms with E-state index in [-0.39, 0.29) is 18.6 Å². The summed E-state index contributed by atoms with van der Waals surface area (Å²) in [6.45, 7) is 6.06. The summed E-state index contributed by atoms with van der Waals surface area (Å²) in [5.41, 5.74) is 0.880. The van der Waals surface area contributed by atoms with E-state index >= 15 is 0 Å². The molecule has 1 atom stereocenters. The fourth-order valence-electron chi connectivity index (χ4n) is 2.77. The maximum absolute atomic E-state index is 11.1. The molecule has 1 fully saturated rings. The average Bonchev–Trinajstić information content (AvgIpc) is 2.50. The molecule has 7 heteroatoms. The van der Waals surface area contributed by atoms with E-state index in [4.69, 9.17) is 30.9 Å². The summed E-state index contributed by atoms with van der Waals surface area (Å²) in [7, 11) is 1.57. The molecule has 6 nitrogen and oxygen atoms in total. The van der Waals surface area contributed by atoms with Crippen LogP contribution >= 0.6 is 11.6 Å². The second-order valence-electron chi connectivity index (χ2n) is 6.06. The molecule has 0 amide bonds. The summed E-state index contributed by atoms with van der Waals surface area (Å²) in [6.07, 6.45) is 0.0243. The van der Waals surface area contributed by atoms with Crippen LogP contribution in [0.2, 0.25) is 5.02 Å². The van der Waals surface area contributed by atoms with Crippen molar-refractivity contribution in [1.29, 1.82) is 0 Å². The summed E-state index contributed by atoms with van der Waals surface area (Å²) in [5, 5.41) is 9.66.